The molecule has 0 aromatic heterocycles. The van der Waals surface area contributed by atoms with Crippen molar-refractivity contribution in [2.75, 3.05) is 18.4 Å². The minimum Gasteiger partial charge on any atom is -0.361 e. The molecule has 1 saturated heterocycles. The molecule has 6 heteroatoms. The molecule has 4 aromatic rings. The molecule has 0 radical (unpaired) electrons. The van der Waals surface area contributed by atoms with Crippen LogP contribution in [-0.4, -0.2) is 34.7 Å². The zero-order chi connectivity index (χ0) is 27.5. The summed E-state index contributed by atoms with van der Waals surface area (Å²) in [7, 11) is 0. The number of nitrogens with zero attached hydrogens (tertiary/aromatic N) is 2. The molecule has 4 aromatic carbocycles. The summed E-state index contributed by atoms with van der Waals surface area (Å²) in [5.41, 5.74) is 5.24. The van der Waals surface area contributed by atoms with Gasteiger partial charge in [-0.3, -0.25) is 9.59 Å². The molecule has 202 valence electrons. The zero-order valence-corrected chi connectivity index (χ0v) is 22.3. The second-order valence-corrected chi connectivity index (χ2v) is 10.7. The van der Waals surface area contributed by atoms with Gasteiger partial charge in [0, 0.05) is 42.0 Å². The number of halogens is 1. The molecule has 1 atom stereocenters. The summed E-state index contributed by atoms with van der Waals surface area (Å²) in [4.78, 5) is 30.2. The number of piperidine rings is 1. The molecular weight excluding hydrogens is 501 g/mol. The third-order valence-corrected chi connectivity index (χ3v) is 8.03. The van der Waals surface area contributed by atoms with Crippen LogP contribution < -0.4 is 5.32 Å². The van der Waals surface area contributed by atoms with E-state index in [1.807, 2.05) is 59.5 Å². The Labute approximate surface area is 234 Å². The molecule has 1 fully saturated rings. The lowest BCUT2D eigenvalue weighted by Crippen LogP contribution is -2.38. The molecule has 0 saturated carbocycles. The van der Waals surface area contributed by atoms with Crippen LogP contribution in [0.5, 0.6) is 0 Å². The SMILES string of the molecule is O=C(c1ccc(NC2c3ccccc3C(=O)N2Cc2ccc(F)cc2)cc1)N1CCC(Cc2ccccc2)CC1. The van der Waals surface area contributed by atoms with Gasteiger partial charge < -0.3 is 15.1 Å². The number of benzene rings is 4. The summed E-state index contributed by atoms with van der Waals surface area (Å²) in [5, 5.41) is 3.49. The number of nitrogens with one attached hydrogen (secondary N) is 1. The lowest BCUT2D eigenvalue weighted by atomic mass is 9.90. The molecule has 2 amide bonds. The maximum absolute atomic E-state index is 13.4. The maximum atomic E-state index is 13.4. The van der Waals surface area contributed by atoms with E-state index < -0.39 is 0 Å². The highest BCUT2D eigenvalue weighted by atomic mass is 19.1. The van der Waals surface area contributed by atoms with E-state index in [1.165, 1.54) is 17.7 Å². The number of rotatable bonds is 7. The first kappa shape index (κ1) is 25.8. The first-order valence-corrected chi connectivity index (χ1v) is 13.9. The third-order valence-electron chi connectivity index (χ3n) is 8.03. The van der Waals surface area contributed by atoms with Gasteiger partial charge in [-0.05, 0) is 78.8 Å². The molecule has 1 unspecified atom stereocenters. The largest absolute Gasteiger partial charge is 0.361 e. The van der Waals surface area contributed by atoms with E-state index >= 15 is 0 Å². The second-order valence-electron chi connectivity index (χ2n) is 10.7. The van der Waals surface area contributed by atoms with E-state index in [0.29, 0.717) is 23.6 Å². The van der Waals surface area contributed by atoms with Crippen LogP contribution >= 0.6 is 0 Å². The van der Waals surface area contributed by atoms with Crippen LogP contribution in [0.15, 0.2) is 103 Å². The summed E-state index contributed by atoms with van der Waals surface area (Å²) in [5.74, 6) is 0.289. The van der Waals surface area contributed by atoms with Gasteiger partial charge in [-0.25, -0.2) is 4.39 Å². The average molecular weight is 534 g/mol. The predicted octanol–water partition coefficient (Wildman–Crippen LogP) is 6.69. The van der Waals surface area contributed by atoms with Crippen LogP contribution in [0.25, 0.3) is 0 Å². The molecule has 2 aliphatic rings. The van der Waals surface area contributed by atoms with Gasteiger partial charge in [0.2, 0.25) is 0 Å². The number of anilines is 1. The second kappa shape index (κ2) is 11.3. The Morgan fingerprint density at radius 1 is 0.800 bits per heavy atom. The monoisotopic (exact) mass is 533 g/mol. The van der Waals surface area contributed by atoms with Crippen molar-refractivity contribution in [3.05, 3.63) is 137 Å². The van der Waals surface area contributed by atoms with Crippen LogP contribution in [0.3, 0.4) is 0 Å². The van der Waals surface area contributed by atoms with Crippen molar-refractivity contribution >= 4 is 17.5 Å². The summed E-state index contributed by atoms with van der Waals surface area (Å²) in [6, 6.07) is 31.9. The number of carbonyl (C=O) groups is 2. The Morgan fingerprint density at radius 2 is 1.48 bits per heavy atom. The van der Waals surface area contributed by atoms with E-state index in [-0.39, 0.29) is 23.8 Å². The maximum Gasteiger partial charge on any atom is 0.256 e. The molecule has 6 rings (SSSR count). The highest BCUT2D eigenvalue weighted by Gasteiger charge is 2.36. The Kier molecular flexibility index (Phi) is 7.32. The van der Waals surface area contributed by atoms with Crippen LogP contribution in [0.2, 0.25) is 0 Å². The quantitative estimate of drug-likeness (QED) is 0.288. The Hall–Kier alpha value is -4.45. The van der Waals surface area contributed by atoms with Crippen molar-refractivity contribution in [3.8, 4) is 0 Å². The van der Waals surface area contributed by atoms with Gasteiger partial charge in [0.15, 0.2) is 0 Å². The van der Waals surface area contributed by atoms with Gasteiger partial charge in [-0.1, -0.05) is 60.7 Å². The van der Waals surface area contributed by atoms with Crippen LogP contribution in [-0.2, 0) is 13.0 Å². The third kappa shape index (κ3) is 5.48. The van der Waals surface area contributed by atoms with E-state index in [9.17, 15) is 14.0 Å². The van der Waals surface area contributed by atoms with Gasteiger partial charge in [-0.15, -0.1) is 0 Å². The smallest absolute Gasteiger partial charge is 0.256 e. The van der Waals surface area contributed by atoms with E-state index in [2.05, 4.69) is 29.6 Å². The molecule has 5 nitrogen and oxygen atoms in total. The lowest BCUT2D eigenvalue weighted by Gasteiger charge is -2.32. The highest BCUT2D eigenvalue weighted by Crippen LogP contribution is 2.35. The van der Waals surface area contributed by atoms with Crippen molar-refractivity contribution in [3.63, 3.8) is 0 Å². The van der Waals surface area contributed by atoms with Gasteiger partial charge in [0.05, 0.1) is 0 Å². The molecular formula is C34H32FN3O2. The van der Waals surface area contributed by atoms with Gasteiger partial charge in [-0.2, -0.15) is 0 Å². The van der Waals surface area contributed by atoms with Crippen molar-refractivity contribution in [1.82, 2.24) is 9.80 Å². The van der Waals surface area contributed by atoms with Gasteiger partial charge in [0.25, 0.3) is 11.8 Å². The Bertz CT molecular complexity index is 1480. The van der Waals surface area contributed by atoms with Gasteiger partial charge in [0.1, 0.15) is 12.0 Å². The minimum atomic E-state index is -0.376. The topological polar surface area (TPSA) is 52.7 Å². The predicted molar refractivity (Wildman–Crippen MR) is 154 cm³/mol. The van der Waals surface area contributed by atoms with E-state index in [4.69, 9.17) is 0 Å². The molecule has 2 aliphatic heterocycles. The number of amides is 2. The summed E-state index contributed by atoms with van der Waals surface area (Å²) in [6.07, 6.45) is 2.71. The Morgan fingerprint density at radius 3 is 2.20 bits per heavy atom. The number of hydrogen-bond acceptors (Lipinski definition) is 3. The fraction of sp³-hybridized carbons (Fsp3) is 0.235. The van der Waals surface area contributed by atoms with Crippen LogP contribution in [0.4, 0.5) is 10.1 Å². The van der Waals surface area contributed by atoms with E-state index in [0.717, 1.165) is 49.2 Å². The Balaban J connectivity index is 1.11. The molecule has 2 heterocycles. The first-order valence-electron chi connectivity index (χ1n) is 13.9. The molecule has 1 N–H and O–H groups in total. The molecule has 0 aliphatic carbocycles. The number of fused-ring (bicyclic) bond motifs is 1. The fourth-order valence-corrected chi connectivity index (χ4v) is 5.81. The number of hydrogen-bond donors (Lipinski definition) is 1. The minimum absolute atomic E-state index is 0.0593. The van der Waals surface area contributed by atoms with Crippen molar-refractivity contribution in [1.29, 1.82) is 0 Å². The molecule has 40 heavy (non-hydrogen) atoms. The van der Waals surface area contributed by atoms with Crippen molar-refractivity contribution in [2.45, 2.75) is 32.0 Å². The summed E-state index contributed by atoms with van der Waals surface area (Å²) in [6.45, 7) is 1.90. The normalized spacial score (nSPS) is 17.1. The summed E-state index contributed by atoms with van der Waals surface area (Å²) >= 11 is 0. The zero-order valence-electron chi connectivity index (χ0n) is 22.3. The standard InChI is InChI=1S/C34H32FN3O2/c35-28-14-10-26(11-15-28)23-38-32(30-8-4-5-9-31(30)34(38)40)36-29-16-12-27(13-17-29)33(39)37-20-18-25(19-21-37)22-24-6-2-1-3-7-24/h1-17,25,32,36H,18-23H2. The first-order chi connectivity index (χ1) is 19.5. The van der Waals surface area contributed by atoms with Crippen LogP contribution in [0, 0.1) is 11.7 Å². The average Bonchev–Trinajstić information content (AvgIpc) is 3.25. The lowest BCUT2D eigenvalue weighted by molar-refractivity contribution is 0.0689. The molecule has 0 bridgehead atoms. The van der Waals surface area contributed by atoms with Crippen molar-refractivity contribution in [2.24, 2.45) is 5.92 Å². The molecule has 0 spiro atoms. The number of likely N-dealkylation sites (tertiary alicyclic amines) is 1. The van der Waals surface area contributed by atoms with Crippen molar-refractivity contribution < 1.29 is 14.0 Å². The van der Waals surface area contributed by atoms with Gasteiger partial charge >= 0.3 is 0 Å². The summed E-state index contributed by atoms with van der Waals surface area (Å²) < 4.78 is 13.4. The van der Waals surface area contributed by atoms with Crippen LogP contribution in [0.1, 0.15) is 56.4 Å². The highest BCUT2D eigenvalue weighted by molar-refractivity contribution is 5.99. The fourth-order valence-electron chi connectivity index (χ4n) is 5.81. The number of carbonyl (C=O) groups excluding carboxylic acids is 2. The van der Waals surface area contributed by atoms with E-state index in [1.54, 1.807) is 17.0 Å².